The van der Waals surface area contributed by atoms with E-state index in [0.29, 0.717) is 0 Å². The molecule has 5 aromatic rings. The van der Waals surface area contributed by atoms with E-state index < -0.39 is 0 Å². The van der Waals surface area contributed by atoms with E-state index in [1.165, 1.54) is 54.6 Å². The fraction of sp³-hybridized carbons (Fsp3) is 0.226. The van der Waals surface area contributed by atoms with Gasteiger partial charge in [0.2, 0.25) is 0 Å². The van der Waals surface area contributed by atoms with Gasteiger partial charge in [0.25, 0.3) is 0 Å². The van der Waals surface area contributed by atoms with Crippen LogP contribution in [0.3, 0.4) is 0 Å². The Hall–Kier alpha value is -3.12. The standard InChI is InChI=1S/C27H20.2C2H6/c1-27(2)23-13-7-10-19-16-18-9-4-5-11-20(18)25(24(19)23)22-15-14-17-8-3-6-12-21(17)26(22)27;2*1-2/h3-16H,1-2H3;2*1-2H3. The van der Waals surface area contributed by atoms with Crippen molar-refractivity contribution in [3.05, 3.63) is 96.1 Å². The van der Waals surface area contributed by atoms with Crippen molar-refractivity contribution in [3.8, 4) is 11.1 Å². The van der Waals surface area contributed by atoms with Crippen molar-refractivity contribution in [1.29, 1.82) is 0 Å². The highest BCUT2D eigenvalue weighted by atomic mass is 14.4. The third-order valence-corrected chi connectivity index (χ3v) is 6.38. The first-order valence-corrected chi connectivity index (χ1v) is 11.6. The summed E-state index contributed by atoms with van der Waals surface area (Å²) in [6.07, 6.45) is 0. The van der Waals surface area contributed by atoms with Crippen molar-refractivity contribution >= 4 is 32.3 Å². The van der Waals surface area contributed by atoms with E-state index >= 15 is 0 Å². The molecule has 0 saturated carbocycles. The number of fused-ring (bicyclic) bond motifs is 6. The summed E-state index contributed by atoms with van der Waals surface area (Å²) in [5.41, 5.74) is 5.64. The molecule has 0 aliphatic heterocycles. The Morgan fingerprint density at radius 2 is 1.16 bits per heavy atom. The molecule has 31 heavy (non-hydrogen) atoms. The first-order valence-electron chi connectivity index (χ1n) is 11.6. The van der Waals surface area contributed by atoms with Crippen LogP contribution in [0.15, 0.2) is 84.9 Å². The van der Waals surface area contributed by atoms with Crippen LogP contribution in [-0.2, 0) is 5.41 Å². The maximum atomic E-state index is 2.38. The Morgan fingerprint density at radius 3 is 1.90 bits per heavy atom. The van der Waals surface area contributed by atoms with Gasteiger partial charge in [-0.15, -0.1) is 0 Å². The molecule has 1 aliphatic carbocycles. The van der Waals surface area contributed by atoms with E-state index in [0.717, 1.165) is 0 Å². The molecule has 0 bridgehead atoms. The maximum absolute atomic E-state index is 2.38. The van der Waals surface area contributed by atoms with Crippen molar-refractivity contribution in [2.24, 2.45) is 0 Å². The van der Waals surface area contributed by atoms with Crippen molar-refractivity contribution < 1.29 is 0 Å². The summed E-state index contributed by atoms with van der Waals surface area (Å²) in [5, 5.41) is 8.12. The zero-order valence-electron chi connectivity index (χ0n) is 19.6. The van der Waals surface area contributed by atoms with Gasteiger partial charge in [-0.25, -0.2) is 0 Å². The van der Waals surface area contributed by atoms with Crippen molar-refractivity contribution in [1.82, 2.24) is 0 Å². The maximum Gasteiger partial charge on any atom is 0.0165 e. The Kier molecular flexibility index (Phi) is 5.58. The molecule has 0 unspecified atom stereocenters. The molecule has 0 spiro atoms. The van der Waals surface area contributed by atoms with Gasteiger partial charge in [0.15, 0.2) is 0 Å². The van der Waals surface area contributed by atoms with Gasteiger partial charge in [-0.1, -0.05) is 120 Å². The number of hydrogen-bond donors (Lipinski definition) is 0. The average Bonchev–Trinajstić information content (AvgIpc) is 2.83. The Balaban J connectivity index is 0.000000549. The van der Waals surface area contributed by atoms with Crippen LogP contribution in [0.2, 0.25) is 0 Å². The van der Waals surface area contributed by atoms with Crippen LogP contribution in [0.4, 0.5) is 0 Å². The molecule has 0 heterocycles. The van der Waals surface area contributed by atoms with E-state index in [1.807, 2.05) is 27.7 Å². The van der Waals surface area contributed by atoms with Gasteiger partial charge in [-0.3, -0.25) is 0 Å². The van der Waals surface area contributed by atoms with E-state index in [2.05, 4.69) is 98.8 Å². The molecule has 0 radical (unpaired) electrons. The number of hydrogen-bond acceptors (Lipinski definition) is 0. The fourth-order valence-electron chi connectivity index (χ4n) is 5.21. The molecule has 0 nitrogen and oxygen atoms in total. The van der Waals surface area contributed by atoms with E-state index in [1.54, 1.807) is 0 Å². The second-order valence-corrected chi connectivity index (χ2v) is 8.21. The van der Waals surface area contributed by atoms with Crippen molar-refractivity contribution in [2.75, 3.05) is 0 Å². The molecule has 0 atom stereocenters. The van der Waals surface area contributed by atoms with Gasteiger partial charge in [0.05, 0.1) is 0 Å². The van der Waals surface area contributed by atoms with Crippen LogP contribution in [0.25, 0.3) is 43.4 Å². The highest BCUT2D eigenvalue weighted by Crippen LogP contribution is 2.52. The second kappa shape index (κ2) is 8.19. The lowest BCUT2D eigenvalue weighted by molar-refractivity contribution is 0.651. The lowest BCUT2D eigenvalue weighted by Crippen LogP contribution is -2.24. The molecule has 0 fully saturated rings. The zero-order chi connectivity index (χ0) is 22.2. The third-order valence-electron chi connectivity index (χ3n) is 6.38. The van der Waals surface area contributed by atoms with E-state index in [-0.39, 0.29) is 5.41 Å². The summed E-state index contributed by atoms with van der Waals surface area (Å²) in [5.74, 6) is 0. The van der Waals surface area contributed by atoms with E-state index in [9.17, 15) is 0 Å². The normalized spacial score (nSPS) is 13.1. The van der Waals surface area contributed by atoms with Gasteiger partial charge in [-0.05, 0) is 60.6 Å². The number of rotatable bonds is 0. The smallest absolute Gasteiger partial charge is 0.0165 e. The lowest BCUT2D eigenvalue weighted by atomic mass is 9.66. The molecule has 0 saturated heterocycles. The summed E-state index contributed by atoms with van der Waals surface area (Å²) in [6.45, 7) is 12.8. The first-order chi connectivity index (χ1) is 15.2. The van der Waals surface area contributed by atoms with Crippen LogP contribution in [0.1, 0.15) is 52.7 Å². The van der Waals surface area contributed by atoms with Crippen molar-refractivity contribution in [2.45, 2.75) is 47.0 Å². The number of benzene rings is 5. The molecule has 1 aliphatic rings. The predicted octanol–water partition coefficient (Wildman–Crippen LogP) is 9.50. The van der Waals surface area contributed by atoms with Gasteiger partial charge in [0.1, 0.15) is 0 Å². The molecule has 6 rings (SSSR count). The molecule has 156 valence electrons. The highest BCUT2D eigenvalue weighted by Gasteiger charge is 2.35. The molecular formula is C31H32. The van der Waals surface area contributed by atoms with Gasteiger partial charge < -0.3 is 0 Å². The minimum Gasteiger partial charge on any atom is -0.0683 e. The summed E-state index contributed by atoms with van der Waals surface area (Å²) in [4.78, 5) is 0. The Bertz CT molecular complexity index is 1390. The molecule has 0 N–H and O–H groups in total. The highest BCUT2D eigenvalue weighted by molar-refractivity contribution is 6.17. The summed E-state index contributed by atoms with van der Waals surface area (Å²) < 4.78 is 0. The Labute approximate surface area is 186 Å². The quantitative estimate of drug-likeness (QED) is 0.225. The predicted molar refractivity (Wildman–Crippen MR) is 139 cm³/mol. The van der Waals surface area contributed by atoms with Crippen LogP contribution < -0.4 is 0 Å². The SMILES string of the molecule is CC.CC.CC1(C)c2c(ccc3ccccc23)-c2c3ccccc3cc3cccc1c23. The summed E-state index contributed by atoms with van der Waals surface area (Å²) >= 11 is 0. The average molecular weight is 405 g/mol. The topological polar surface area (TPSA) is 0 Å². The van der Waals surface area contributed by atoms with Crippen LogP contribution >= 0.6 is 0 Å². The first kappa shape index (κ1) is 21.1. The third kappa shape index (κ3) is 3.05. The van der Waals surface area contributed by atoms with Crippen LogP contribution in [0, 0.1) is 0 Å². The second-order valence-electron chi connectivity index (χ2n) is 8.21. The molecule has 0 heteroatoms. The largest absolute Gasteiger partial charge is 0.0683 e. The molecule has 0 amide bonds. The summed E-state index contributed by atoms with van der Waals surface area (Å²) in [7, 11) is 0. The minimum atomic E-state index is -0.0365. The molecular weight excluding hydrogens is 372 g/mol. The van der Waals surface area contributed by atoms with Gasteiger partial charge in [0, 0.05) is 5.41 Å². The summed E-state index contributed by atoms with van der Waals surface area (Å²) in [6, 6.07) is 31.4. The minimum absolute atomic E-state index is 0.0365. The van der Waals surface area contributed by atoms with Gasteiger partial charge >= 0.3 is 0 Å². The van der Waals surface area contributed by atoms with Crippen LogP contribution in [-0.4, -0.2) is 0 Å². The van der Waals surface area contributed by atoms with E-state index in [4.69, 9.17) is 0 Å². The fourth-order valence-corrected chi connectivity index (χ4v) is 5.21. The zero-order valence-corrected chi connectivity index (χ0v) is 19.6. The van der Waals surface area contributed by atoms with Gasteiger partial charge in [-0.2, -0.15) is 0 Å². The van der Waals surface area contributed by atoms with Crippen molar-refractivity contribution in [3.63, 3.8) is 0 Å². The molecule has 5 aromatic carbocycles. The van der Waals surface area contributed by atoms with Crippen LogP contribution in [0.5, 0.6) is 0 Å². The monoisotopic (exact) mass is 404 g/mol. The Morgan fingerprint density at radius 1 is 0.548 bits per heavy atom. The molecule has 0 aromatic heterocycles. The lowest BCUT2D eigenvalue weighted by Gasteiger charge is -2.36.